The molecule has 462 valence electrons. The highest BCUT2D eigenvalue weighted by molar-refractivity contribution is 5.71. The minimum atomic E-state index is -0.784. The van der Waals surface area contributed by atoms with Crippen molar-refractivity contribution in [2.45, 2.75) is 386 Å². The number of carbonyl (C=O) groups excluding carboxylic acids is 3. The maximum absolute atomic E-state index is 12.9. The van der Waals surface area contributed by atoms with E-state index >= 15 is 0 Å². The van der Waals surface area contributed by atoms with E-state index in [2.05, 4.69) is 69.4 Å². The van der Waals surface area contributed by atoms with Gasteiger partial charge in [-0.1, -0.05) is 333 Å². The highest BCUT2D eigenvalue weighted by atomic mass is 16.6. The van der Waals surface area contributed by atoms with Crippen molar-refractivity contribution in [2.24, 2.45) is 0 Å². The first-order valence-corrected chi connectivity index (χ1v) is 35.1. The first-order chi connectivity index (χ1) is 39.0. The van der Waals surface area contributed by atoms with Crippen molar-refractivity contribution in [3.63, 3.8) is 0 Å². The Morgan fingerprint density at radius 1 is 0.266 bits per heavy atom. The lowest BCUT2D eigenvalue weighted by atomic mass is 10.0. The Morgan fingerprint density at radius 3 is 0.810 bits per heavy atom. The molecule has 0 aliphatic carbocycles. The Labute approximate surface area is 492 Å². The molecule has 6 nitrogen and oxygen atoms in total. The Morgan fingerprint density at radius 2 is 0.494 bits per heavy atom. The van der Waals surface area contributed by atoms with Crippen molar-refractivity contribution in [1.82, 2.24) is 0 Å². The van der Waals surface area contributed by atoms with Crippen molar-refractivity contribution in [2.75, 3.05) is 13.2 Å². The number of unbranched alkanes of at least 4 members (excludes halogenated alkanes) is 46. The molecule has 0 saturated carbocycles. The van der Waals surface area contributed by atoms with Crippen LogP contribution in [0.2, 0.25) is 0 Å². The number of allylic oxidation sites excluding steroid dienone is 8. The Kier molecular flexibility index (Phi) is 65.6. The molecule has 0 aliphatic heterocycles. The number of hydrogen-bond donors (Lipinski definition) is 0. The lowest BCUT2D eigenvalue weighted by Gasteiger charge is -2.18. The summed E-state index contributed by atoms with van der Waals surface area (Å²) in [6.07, 6.45) is 86.0. The van der Waals surface area contributed by atoms with Crippen molar-refractivity contribution in [3.8, 4) is 0 Å². The van der Waals surface area contributed by atoms with Crippen LogP contribution in [0, 0.1) is 0 Å². The smallest absolute Gasteiger partial charge is 0.306 e. The van der Waals surface area contributed by atoms with Gasteiger partial charge in [-0.15, -0.1) is 0 Å². The fourth-order valence-electron chi connectivity index (χ4n) is 10.6. The Hall–Kier alpha value is -2.63. The lowest BCUT2D eigenvalue weighted by molar-refractivity contribution is -0.167. The summed E-state index contributed by atoms with van der Waals surface area (Å²) >= 11 is 0. The topological polar surface area (TPSA) is 78.9 Å². The van der Waals surface area contributed by atoms with Crippen LogP contribution in [-0.4, -0.2) is 37.2 Å². The van der Waals surface area contributed by atoms with Crippen LogP contribution < -0.4 is 0 Å². The molecule has 0 aliphatic rings. The zero-order valence-electron chi connectivity index (χ0n) is 53.2. The maximum Gasteiger partial charge on any atom is 0.306 e. The van der Waals surface area contributed by atoms with E-state index < -0.39 is 6.10 Å². The summed E-state index contributed by atoms with van der Waals surface area (Å²) in [5.41, 5.74) is 0. The molecule has 0 aromatic rings. The molecule has 0 bridgehead atoms. The standard InChI is InChI=1S/C73H134O6/c1-4-7-10-13-16-19-22-25-27-28-29-30-31-32-33-34-35-36-37-38-39-40-41-42-43-44-45-47-48-51-54-57-60-63-66-72(75)78-69-70(68-77-71(74)65-62-59-56-53-50-24-21-18-15-12-9-6-3)79-73(76)67-64-61-58-55-52-49-46-26-23-20-17-14-11-8-5-2/h8,11,17-18,20-21,26,46,70H,4-7,9-10,12-16,19,22-25,27-45,47-69H2,1-3H3/b11-8-,20-17-,21-18-,46-26-. The molecule has 0 fully saturated rings. The Balaban J connectivity index is 4.04. The van der Waals surface area contributed by atoms with E-state index in [0.29, 0.717) is 19.3 Å². The summed E-state index contributed by atoms with van der Waals surface area (Å²) in [4.78, 5) is 38.3. The van der Waals surface area contributed by atoms with Gasteiger partial charge in [-0.25, -0.2) is 0 Å². The van der Waals surface area contributed by atoms with Crippen LogP contribution in [0.4, 0.5) is 0 Å². The summed E-state index contributed by atoms with van der Waals surface area (Å²) < 4.78 is 16.9. The van der Waals surface area contributed by atoms with Crippen LogP contribution in [0.1, 0.15) is 380 Å². The third-order valence-electron chi connectivity index (χ3n) is 15.8. The molecule has 0 amide bonds. The summed E-state index contributed by atoms with van der Waals surface area (Å²) in [5.74, 6) is -0.887. The second kappa shape index (κ2) is 67.9. The maximum atomic E-state index is 12.9. The molecule has 6 heteroatoms. The van der Waals surface area contributed by atoms with E-state index in [1.54, 1.807) is 0 Å². The predicted molar refractivity (Wildman–Crippen MR) is 344 cm³/mol. The van der Waals surface area contributed by atoms with Crippen LogP contribution in [0.3, 0.4) is 0 Å². The van der Waals surface area contributed by atoms with Crippen molar-refractivity contribution in [3.05, 3.63) is 48.6 Å². The normalized spacial score (nSPS) is 12.3. The van der Waals surface area contributed by atoms with Crippen molar-refractivity contribution < 1.29 is 28.6 Å². The first-order valence-electron chi connectivity index (χ1n) is 35.1. The SMILES string of the molecule is CC/C=C\C/C=C\C/C=C\CCCCCCCC(=O)OC(COC(=O)CCCCCCC/C=C\CCCCC)COC(=O)CCCCCCCCCCCCCCCCCCCCCCCCCCCCCCCCCCCC. The third kappa shape index (κ3) is 66.1. The van der Waals surface area contributed by atoms with E-state index in [9.17, 15) is 14.4 Å². The Bertz CT molecular complexity index is 1360. The van der Waals surface area contributed by atoms with Gasteiger partial charge < -0.3 is 14.2 Å². The van der Waals surface area contributed by atoms with Gasteiger partial charge in [0.2, 0.25) is 0 Å². The number of ether oxygens (including phenoxy) is 3. The van der Waals surface area contributed by atoms with E-state index in [1.165, 1.54) is 238 Å². The quantitative estimate of drug-likeness (QED) is 0.0261. The van der Waals surface area contributed by atoms with Gasteiger partial charge in [-0.2, -0.15) is 0 Å². The van der Waals surface area contributed by atoms with Gasteiger partial charge in [0.1, 0.15) is 13.2 Å². The van der Waals surface area contributed by atoms with E-state index in [4.69, 9.17) is 14.2 Å². The molecule has 0 rings (SSSR count). The second-order valence-corrected chi connectivity index (χ2v) is 23.8. The zero-order valence-corrected chi connectivity index (χ0v) is 53.2. The molecule has 0 heterocycles. The minimum absolute atomic E-state index is 0.0796. The summed E-state index contributed by atoms with van der Waals surface area (Å²) in [7, 11) is 0. The van der Waals surface area contributed by atoms with Crippen LogP contribution in [0.25, 0.3) is 0 Å². The number of hydrogen-bond acceptors (Lipinski definition) is 6. The van der Waals surface area contributed by atoms with Crippen LogP contribution >= 0.6 is 0 Å². The molecular formula is C73H134O6. The predicted octanol–water partition coefficient (Wildman–Crippen LogP) is 24.1. The lowest BCUT2D eigenvalue weighted by Crippen LogP contribution is -2.30. The van der Waals surface area contributed by atoms with Crippen LogP contribution in [0.15, 0.2) is 48.6 Å². The highest BCUT2D eigenvalue weighted by Crippen LogP contribution is 2.19. The van der Waals surface area contributed by atoms with E-state index in [0.717, 1.165) is 103 Å². The van der Waals surface area contributed by atoms with Crippen LogP contribution in [-0.2, 0) is 28.6 Å². The number of rotatable bonds is 65. The van der Waals surface area contributed by atoms with E-state index in [-0.39, 0.29) is 31.1 Å². The summed E-state index contributed by atoms with van der Waals surface area (Å²) in [6.45, 7) is 6.54. The van der Waals surface area contributed by atoms with Gasteiger partial charge in [0.15, 0.2) is 6.10 Å². The minimum Gasteiger partial charge on any atom is -0.462 e. The van der Waals surface area contributed by atoms with Gasteiger partial charge in [0.25, 0.3) is 0 Å². The fraction of sp³-hybridized carbons (Fsp3) is 0.849. The second-order valence-electron chi connectivity index (χ2n) is 23.8. The van der Waals surface area contributed by atoms with Crippen LogP contribution in [0.5, 0.6) is 0 Å². The van der Waals surface area contributed by atoms with Gasteiger partial charge >= 0.3 is 17.9 Å². The molecule has 1 atom stereocenters. The number of carbonyl (C=O) groups is 3. The summed E-state index contributed by atoms with van der Waals surface area (Å²) in [6, 6.07) is 0. The van der Waals surface area contributed by atoms with Gasteiger partial charge in [-0.05, 0) is 77.0 Å². The number of esters is 3. The highest BCUT2D eigenvalue weighted by Gasteiger charge is 2.19. The van der Waals surface area contributed by atoms with Crippen molar-refractivity contribution >= 4 is 17.9 Å². The molecule has 0 radical (unpaired) electrons. The van der Waals surface area contributed by atoms with Gasteiger partial charge in [0, 0.05) is 19.3 Å². The largest absolute Gasteiger partial charge is 0.462 e. The molecule has 0 aromatic carbocycles. The molecule has 79 heavy (non-hydrogen) atoms. The molecule has 0 saturated heterocycles. The summed E-state index contributed by atoms with van der Waals surface area (Å²) in [5, 5.41) is 0. The van der Waals surface area contributed by atoms with Gasteiger partial charge in [0.05, 0.1) is 0 Å². The average Bonchev–Trinajstić information content (AvgIpc) is 3.45. The molecule has 0 N–H and O–H groups in total. The zero-order chi connectivity index (χ0) is 57.1. The van der Waals surface area contributed by atoms with Crippen molar-refractivity contribution in [1.29, 1.82) is 0 Å². The molecule has 0 spiro atoms. The first kappa shape index (κ1) is 76.4. The molecular weight excluding hydrogens is 973 g/mol. The molecule has 0 aromatic heterocycles. The average molecular weight is 1110 g/mol. The third-order valence-corrected chi connectivity index (χ3v) is 15.8. The molecule has 1 unspecified atom stereocenters. The monoisotopic (exact) mass is 1110 g/mol. The fourth-order valence-corrected chi connectivity index (χ4v) is 10.6. The van der Waals surface area contributed by atoms with E-state index in [1.807, 2.05) is 0 Å². The van der Waals surface area contributed by atoms with Gasteiger partial charge in [-0.3, -0.25) is 14.4 Å².